The topological polar surface area (TPSA) is 47.6 Å². The van der Waals surface area contributed by atoms with E-state index in [1.165, 1.54) is 11.1 Å². The molecule has 3 aromatic carbocycles. The first-order chi connectivity index (χ1) is 15.4. The van der Waals surface area contributed by atoms with Crippen LogP contribution in [0, 0.1) is 0 Å². The highest BCUT2D eigenvalue weighted by molar-refractivity contribution is 5.67. The second-order valence-electron chi connectivity index (χ2n) is 8.53. The molecule has 1 N–H and O–H groups in total. The highest BCUT2D eigenvalue weighted by atomic mass is 16.6. The summed E-state index contributed by atoms with van der Waals surface area (Å²) in [6, 6.07) is 26.7. The molecule has 0 aliphatic carbocycles. The van der Waals surface area contributed by atoms with Gasteiger partial charge in [-0.05, 0) is 67.7 Å². The summed E-state index contributed by atoms with van der Waals surface area (Å²) in [5, 5.41) is 2.78. The Morgan fingerprint density at radius 3 is 2.34 bits per heavy atom. The largest absolute Gasteiger partial charge is 0.490 e. The maximum atomic E-state index is 11.7. The van der Waals surface area contributed by atoms with E-state index in [1.807, 2.05) is 69.3 Å². The average Bonchev–Trinajstić information content (AvgIpc) is 2.77. The van der Waals surface area contributed by atoms with Gasteiger partial charge in [-0.1, -0.05) is 72.8 Å². The summed E-state index contributed by atoms with van der Waals surface area (Å²) >= 11 is 0. The van der Waals surface area contributed by atoms with E-state index in [2.05, 4.69) is 47.8 Å². The third kappa shape index (κ3) is 7.95. The monoisotopic (exact) mass is 429 g/mol. The third-order valence-electron chi connectivity index (χ3n) is 4.65. The van der Waals surface area contributed by atoms with Crippen LogP contribution in [0.5, 0.6) is 5.75 Å². The van der Waals surface area contributed by atoms with Gasteiger partial charge in [-0.25, -0.2) is 4.79 Å². The number of ether oxygens (including phenoxy) is 2. The molecule has 0 aliphatic rings. The van der Waals surface area contributed by atoms with Crippen LogP contribution in [0.2, 0.25) is 0 Å². The number of carbonyl (C=O) groups is 1. The molecule has 0 fully saturated rings. The number of carbonyl (C=O) groups excluding carboxylic acids is 1. The van der Waals surface area contributed by atoms with Crippen molar-refractivity contribution in [3.63, 3.8) is 0 Å². The van der Waals surface area contributed by atoms with E-state index >= 15 is 0 Å². The summed E-state index contributed by atoms with van der Waals surface area (Å²) in [6.45, 7) is 6.54. The standard InChI is InChI=1S/C28H31NO3/c1-28(2,3)32-27(30)29-19-18-23-9-7-13-26(21-23)31-20-8-10-22-14-16-25(17-15-22)24-11-5-4-6-12-24/h4-17,21H,18-20H2,1-3H3,(H,29,30)/b10-8+. The minimum Gasteiger partial charge on any atom is -0.490 e. The molecule has 0 spiro atoms. The Kier molecular flexibility index (Phi) is 8.09. The van der Waals surface area contributed by atoms with Gasteiger partial charge in [-0.2, -0.15) is 0 Å². The fourth-order valence-electron chi connectivity index (χ4n) is 3.16. The summed E-state index contributed by atoms with van der Waals surface area (Å²) in [7, 11) is 0. The van der Waals surface area contributed by atoms with Crippen LogP contribution in [0.4, 0.5) is 4.79 Å². The normalized spacial score (nSPS) is 11.3. The van der Waals surface area contributed by atoms with Crippen LogP contribution in [0.25, 0.3) is 17.2 Å². The molecule has 3 aromatic rings. The van der Waals surface area contributed by atoms with Crippen LogP contribution in [0.15, 0.2) is 84.9 Å². The molecule has 0 heterocycles. The molecule has 0 radical (unpaired) electrons. The number of benzene rings is 3. The molecule has 0 aromatic heterocycles. The van der Waals surface area contributed by atoms with E-state index in [0.29, 0.717) is 19.6 Å². The Hall–Kier alpha value is -3.53. The van der Waals surface area contributed by atoms with Crippen LogP contribution in [0.3, 0.4) is 0 Å². The Bertz CT molecular complexity index is 1020. The van der Waals surface area contributed by atoms with Crippen molar-refractivity contribution in [3.05, 3.63) is 96.1 Å². The number of hydrogen-bond donors (Lipinski definition) is 1. The first-order valence-corrected chi connectivity index (χ1v) is 10.9. The van der Waals surface area contributed by atoms with Gasteiger partial charge in [-0.15, -0.1) is 0 Å². The Morgan fingerprint density at radius 2 is 1.62 bits per heavy atom. The van der Waals surface area contributed by atoms with Gasteiger partial charge in [0.05, 0.1) is 0 Å². The lowest BCUT2D eigenvalue weighted by Gasteiger charge is -2.19. The summed E-state index contributed by atoms with van der Waals surface area (Å²) in [5.74, 6) is 0.809. The summed E-state index contributed by atoms with van der Waals surface area (Å²) in [6.07, 6.45) is 4.38. The van der Waals surface area contributed by atoms with Crippen LogP contribution in [0.1, 0.15) is 31.9 Å². The molecule has 0 bridgehead atoms. The maximum absolute atomic E-state index is 11.7. The lowest BCUT2D eigenvalue weighted by atomic mass is 10.0. The van der Waals surface area contributed by atoms with Gasteiger partial charge in [0.15, 0.2) is 0 Å². The Labute approximate surface area is 190 Å². The van der Waals surface area contributed by atoms with Crippen molar-refractivity contribution in [2.75, 3.05) is 13.2 Å². The predicted molar refractivity (Wildman–Crippen MR) is 131 cm³/mol. The lowest BCUT2D eigenvalue weighted by molar-refractivity contribution is 0.0528. The van der Waals surface area contributed by atoms with Gasteiger partial charge in [0, 0.05) is 6.54 Å². The highest BCUT2D eigenvalue weighted by Gasteiger charge is 2.15. The van der Waals surface area contributed by atoms with Crippen LogP contribution < -0.4 is 10.1 Å². The number of amides is 1. The molecule has 0 saturated heterocycles. The van der Waals surface area contributed by atoms with Crippen molar-refractivity contribution in [2.45, 2.75) is 32.8 Å². The van der Waals surface area contributed by atoms with Crippen LogP contribution in [-0.4, -0.2) is 24.8 Å². The fraction of sp³-hybridized carbons (Fsp3) is 0.250. The van der Waals surface area contributed by atoms with E-state index in [4.69, 9.17) is 9.47 Å². The molecule has 4 nitrogen and oxygen atoms in total. The molecular weight excluding hydrogens is 398 g/mol. The van der Waals surface area contributed by atoms with Gasteiger partial charge in [0.2, 0.25) is 0 Å². The van der Waals surface area contributed by atoms with E-state index in [9.17, 15) is 4.79 Å². The molecule has 0 atom stereocenters. The van der Waals surface area contributed by atoms with Gasteiger partial charge < -0.3 is 14.8 Å². The van der Waals surface area contributed by atoms with Crippen LogP contribution in [-0.2, 0) is 11.2 Å². The summed E-state index contributed by atoms with van der Waals surface area (Å²) < 4.78 is 11.1. The Balaban J connectivity index is 1.44. The molecule has 0 unspecified atom stereocenters. The van der Waals surface area contributed by atoms with Gasteiger partial charge in [-0.3, -0.25) is 0 Å². The first kappa shape index (κ1) is 23.1. The second kappa shape index (κ2) is 11.2. The second-order valence-corrected chi connectivity index (χ2v) is 8.53. The summed E-state index contributed by atoms with van der Waals surface area (Å²) in [4.78, 5) is 11.7. The van der Waals surface area contributed by atoms with E-state index in [-0.39, 0.29) is 0 Å². The molecule has 166 valence electrons. The molecule has 32 heavy (non-hydrogen) atoms. The van der Waals surface area contributed by atoms with Crippen molar-refractivity contribution in [1.29, 1.82) is 0 Å². The van der Waals surface area contributed by atoms with Crippen molar-refractivity contribution in [1.82, 2.24) is 5.32 Å². The number of nitrogens with one attached hydrogen (secondary N) is 1. The molecule has 4 heteroatoms. The summed E-state index contributed by atoms with van der Waals surface area (Å²) in [5.41, 5.74) is 4.16. The van der Waals surface area contributed by atoms with Gasteiger partial charge >= 0.3 is 6.09 Å². The minimum atomic E-state index is -0.491. The van der Waals surface area contributed by atoms with E-state index in [0.717, 1.165) is 16.9 Å². The molecule has 0 saturated carbocycles. The highest BCUT2D eigenvalue weighted by Crippen LogP contribution is 2.20. The number of rotatable bonds is 8. The molecule has 3 rings (SSSR count). The van der Waals surface area contributed by atoms with Crippen molar-refractivity contribution in [2.24, 2.45) is 0 Å². The van der Waals surface area contributed by atoms with Crippen molar-refractivity contribution >= 4 is 12.2 Å². The number of hydrogen-bond acceptors (Lipinski definition) is 3. The van der Waals surface area contributed by atoms with Crippen LogP contribution >= 0.6 is 0 Å². The SMILES string of the molecule is CC(C)(C)OC(=O)NCCc1cccc(OC/C=C/c2ccc(-c3ccccc3)cc2)c1. The van der Waals surface area contributed by atoms with Crippen molar-refractivity contribution < 1.29 is 14.3 Å². The quantitative estimate of drug-likeness (QED) is 0.444. The predicted octanol–water partition coefficient (Wildman–Crippen LogP) is 6.51. The van der Waals surface area contributed by atoms with Crippen molar-refractivity contribution in [3.8, 4) is 16.9 Å². The maximum Gasteiger partial charge on any atom is 0.407 e. The zero-order chi connectivity index (χ0) is 22.8. The minimum absolute atomic E-state index is 0.396. The van der Waals surface area contributed by atoms with E-state index < -0.39 is 11.7 Å². The lowest BCUT2D eigenvalue weighted by Crippen LogP contribution is -2.33. The van der Waals surface area contributed by atoms with E-state index in [1.54, 1.807) is 0 Å². The molecule has 1 amide bonds. The zero-order valence-corrected chi connectivity index (χ0v) is 19.0. The number of alkyl carbamates (subject to hydrolysis) is 1. The van der Waals surface area contributed by atoms with Gasteiger partial charge in [0.1, 0.15) is 18.0 Å². The molecule has 0 aliphatic heterocycles. The average molecular weight is 430 g/mol. The third-order valence-corrected chi connectivity index (χ3v) is 4.65. The fourth-order valence-corrected chi connectivity index (χ4v) is 3.16. The zero-order valence-electron chi connectivity index (χ0n) is 19.0. The smallest absolute Gasteiger partial charge is 0.407 e. The Morgan fingerprint density at radius 1 is 0.906 bits per heavy atom. The molecular formula is C28H31NO3. The van der Waals surface area contributed by atoms with Gasteiger partial charge in [0.25, 0.3) is 0 Å². The first-order valence-electron chi connectivity index (χ1n) is 10.9.